The average Bonchev–Trinajstić information content (AvgIpc) is 3.21. The van der Waals surface area contributed by atoms with E-state index in [1.165, 1.54) is 18.1 Å². The van der Waals surface area contributed by atoms with Crippen LogP contribution in [0.25, 0.3) is 0 Å². The summed E-state index contributed by atoms with van der Waals surface area (Å²) in [5.74, 6) is 1.23. The van der Waals surface area contributed by atoms with Crippen LogP contribution in [0.5, 0.6) is 0 Å². The Hall–Kier alpha value is -1.29. The summed E-state index contributed by atoms with van der Waals surface area (Å²) in [6.07, 6.45) is 2.83. The van der Waals surface area contributed by atoms with Gasteiger partial charge in [-0.3, -0.25) is 4.79 Å². The maximum absolute atomic E-state index is 12.0. The summed E-state index contributed by atoms with van der Waals surface area (Å²) in [4.78, 5) is 11.8. The third-order valence-corrected chi connectivity index (χ3v) is 12.9. The Balaban J connectivity index is 1.31. The van der Waals surface area contributed by atoms with Crippen molar-refractivity contribution in [1.82, 2.24) is 0 Å². The number of carbonyl (C=O) groups excluding carboxylic acids is 1. The SMILES string of the molecule is C=C(CC[C@@H](C)[C@H]1[C@@H](O)C[C@H]2[C@@H]3CC=C4C[C@@H](O[C@@H]5O[C@@H](C)[C@@H](O)[C@@H](O)[C@@H]5OC(C)=O)CC[C@]4(C)[C@H]3[C@H](O)C[C@]12C)C(C)C. The Bertz CT molecular complexity index is 1100. The average molecular weight is 619 g/mol. The molecule has 0 spiro atoms. The maximum atomic E-state index is 12.0. The van der Waals surface area contributed by atoms with Gasteiger partial charge in [-0.25, -0.2) is 0 Å². The fourth-order valence-corrected chi connectivity index (χ4v) is 10.5. The summed E-state index contributed by atoms with van der Waals surface area (Å²) in [6, 6.07) is 0. The molecule has 5 rings (SSSR count). The Labute approximate surface area is 264 Å². The molecule has 15 atom stereocenters. The monoisotopic (exact) mass is 618 g/mol. The van der Waals surface area contributed by atoms with Crippen LogP contribution in [0.3, 0.4) is 0 Å². The molecule has 8 nitrogen and oxygen atoms in total. The van der Waals surface area contributed by atoms with Crippen molar-refractivity contribution in [1.29, 1.82) is 0 Å². The number of rotatable bonds is 8. The van der Waals surface area contributed by atoms with E-state index in [9.17, 15) is 25.2 Å². The molecular formula is C36H58O8. The molecule has 0 bridgehead atoms. The smallest absolute Gasteiger partial charge is 0.303 e. The highest BCUT2D eigenvalue weighted by atomic mass is 16.7. The van der Waals surface area contributed by atoms with Crippen LogP contribution in [0.2, 0.25) is 0 Å². The van der Waals surface area contributed by atoms with Gasteiger partial charge in [-0.1, -0.05) is 58.4 Å². The van der Waals surface area contributed by atoms with Crippen LogP contribution in [-0.4, -0.2) is 75.4 Å². The van der Waals surface area contributed by atoms with E-state index in [0.29, 0.717) is 30.1 Å². The first kappa shape index (κ1) is 34.1. The van der Waals surface area contributed by atoms with Crippen molar-refractivity contribution >= 4 is 5.97 Å². The highest BCUT2D eigenvalue weighted by Gasteiger charge is 2.64. The fraction of sp³-hybridized carbons (Fsp3) is 0.861. The molecule has 8 heteroatoms. The molecule has 0 amide bonds. The van der Waals surface area contributed by atoms with Crippen LogP contribution >= 0.6 is 0 Å². The van der Waals surface area contributed by atoms with Gasteiger partial charge in [-0.05, 0) is 105 Å². The number of esters is 1. The molecule has 44 heavy (non-hydrogen) atoms. The van der Waals surface area contributed by atoms with Crippen LogP contribution in [0.15, 0.2) is 23.8 Å². The predicted molar refractivity (Wildman–Crippen MR) is 167 cm³/mol. The molecule has 4 fully saturated rings. The van der Waals surface area contributed by atoms with Crippen molar-refractivity contribution in [2.45, 2.75) is 149 Å². The first-order valence-corrected chi connectivity index (χ1v) is 17.2. The molecule has 4 N–H and O–H groups in total. The van der Waals surface area contributed by atoms with Crippen molar-refractivity contribution in [2.24, 2.45) is 46.3 Å². The van der Waals surface area contributed by atoms with E-state index in [1.807, 2.05) is 0 Å². The third kappa shape index (κ3) is 5.97. The van der Waals surface area contributed by atoms with Gasteiger partial charge in [0.05, 0.1) is 24.4 Å². The first-order chi connectivity index (χ1) is 20.6. The standard InChI is InChI=1S/C36H58O8/c1-18(2)19(3)9-10-20(4)29-27(38)16-26-25-12-11-23-15-24(13-14-35(23,7)30(25)28(39)17-36(26,29)8)44-34-33(43-22(6)37)32(41)31(40)21(5)42-34/h11,18,20-21,24-34,38-41H,3,9-10,12-17H2,1-2,4-8H3/t20-,21+,24+,25+,26+,27+,28-,29+,30-,31-,32-,33+,34+,35+,36+/m1/s1. The summed E-state index contributed by atoms with van der Waals surface area (Å²) in [6.45, 7) is 18.5. The first-order valence-electron chi connectivity index (χ1n) is 17.2. The molecular weight excluding hydrogens is 560 g/mol. The van der Waals surface area contributed by atoms with E-state index in [-0.39, 0.29) is 34.9 Å². The number of ether oxygens (including phenoxy) is 3. The van der Waals surface area contributed by atoms with Crippen LogP contribution in [0, 0.1) is 46.3 Å². The zero-order valence-corrected chi connectivity index (χ0v) is 27.9. The van der Waals surface area contributed by atoms with Crippen LogP contribution in [0.1, 0.15) is 99.8 Å². The van der Waals surface area contributed by atoms with Gasteiger partial charge in [0.2, 0.25) is 0 Å². The Morgan fingerprint density at radius 3 is 2.50 bits per heavy atom. The van der Waals surface area contributed by atoms with Crippen molar-refractivity contribution in [3.8, 4) is 0 Å². The van der Waals surface area contributed by atoms with Crippen molar-refractivity contribution in [3.05, 3.63) is 23.8 Å². The zero-order valence-electron chi connectivity index (χ0n) is 27.9. The van der Waals surface area contributed by atoms with E-state index in [1.54, 1.807) is 6.92 Å². The lowest BCUT2D eigenvalue weighted by Gasteiger charge is -2.60. The van der Waals surface area contributed by atoms with Gasteiger partial charge in [0.1, 0.15) is 12.2 Å². The Kier molecular flexibility index (Phi) is 9.85. The molecule has 1 aliphatic heterocycles. The lowest BCUT2D eigenvalue weighted by molar-refractivity contribution is -0.308. The minimum absolute atomic E-state index is 0.104. The Morgan fingerprint density at radius 1 is 1.14 bits per heavy atom. The van der Waals surface area contributed by atoms with Gasteiger partial charge in [0.15, 0.2) is 12.4 Å². The topological polar surface area (TPSA) is 126 Å². The normalized spacial score (nSPS) is 47.7. The molecule has 0 aromatic heterocycles. The van der Waals surface area contributed by atoms with Crippen molar-refractivity contribution < 1.29 is 39.4 Å². The second-order valence-corrected chi connectivity index (χ2v) is 15.9. The molecule has 0 unspecified atom stereocenters. The van der Waals surface area contributed by atoms with E-state index < -0.39 is 42.8 Å². The number of aliphatic hydroxyl groups excluding tert-OH is 4. The minimum Gasteiger partial charge on any atom is -0.454 e. The highest BCUT2D eigenvalue weighted by Crippen LogP contribution is 2.67. The van der Waals surface area contributed by atoms with Crippen molar-refractivity contribution in [3.63, 3.8) is 0 Å². The zero-order chi connectivity index (χ0) is 32.3. The lowest BCUT2D eigenvalue weighted by atomic mass is 9.46. The summed E-state index contributed by atoms with van der Waals surface area (Å²) < 4.78 is 17.6. The highest BCUT2D eigenvalue weighted by molar-refractivity contribution is 5.66. The number of carbonyl (C=O) groups is 1. The number of fused-ring (bicyclic) bond motifs is 5. The second-order valence-electron chi connectivity index (χ2n) is 15.9. The molecule has 0 aromatic carbocycles. The summed E-state index contributed by atoms with van der Waals surface area (Å²) in [7, 11) is 0. The second kappa shape index (κ2) is 12.7. The molecule has 1 heterocycles. The number of allylic oxidation sites excluding steroid dienone is 2. The van der Waals surface area contributed by atoms with Crippen molar-refractivity contribution in [2.75, 3.05) is 0 Å². The summed E-state index contributed by atoms with van der Waals surface area (Å²) >= 11 is 0. The molecule has 4 aliphatic carbocycles. The minimum atomic E-state index is -1.30. The van der Waals surface area contributed by atoms with Gasteiger partial charge < -0.3 is 34.6 Å². The van der Waals surface area contributed by atoms with Crippen LogP contribution < -0.4 is 0 Å². The Morgan fingerprint density at radius 2 is 1.84 bits per heavy atom. The van der Waals surface area contributed by atoms with E-state index in [4.69, 9.17) is 14.2 Å². The summed E-state index contributed by atoms with van der Waals surface area (Å²) in [5, 5.41) is 44.4. The van der Waals surface area contributed by atoms with Gasteiger partial charge in [-0.15, -0.1) is 0 Å². The van der Waals surface area contributed by atoms with Crippen LogP contribution in [-0.2, 0) is 19.0 Å². The van der Waals surface area contributed by atoms with E-state index in [0.717, 1.165) is 44.9 Å². The van der Waals surface area contributed by atoms with Gasteiger partial charge in [0.25, 0.3) is 0 Å². The molecule has 0 radical (unpaired) electrons. The maximum Gasteiger partial charge on any atom is 0.303 e. The molecule has 250 valence electrons. The van der Waals surface area contributed by atoms with Gasteiger partial charge >= 0.3 is 5.97 Å². The van der Waals surface area contributed by atoms with E-state index >= 15 is 0 Å². The molecule has 1 saturated heterocycles. The number of aliphatic hydroxyl groups is 4. The van der Waals surface area contributed by atoms with E-state index in [2.05, 4.69) is 47.3 Å². The van der Waals surface area contributed by atoms with Gasteiger partial charge in [-0.2, -0.15) is 0 Å². The molecule has 0 aromatic rings. The molecule has 3 saturated carbocycles. The largest absolute Gasteiger partial charge is 0.454 e. The quantitative estimate of drug-likeness (QED) is 0.223. The number of hydrogen-bond acceptors (Lipinski definition) is 8. The lowest BCUT2D eigenvalue weighted by Crippen LogP contribution is -2.60. The van der Waals surface area contributed by atoms with Gasteiger partial charge in [0, 0.05) is 6.92 Å². The molecule has 5 aliphatic rings. The predicted octanol–water partition coefficient (Wildman–Crippen LogP) is 4.92. The number of hydrogen-bond donors (Lipinski definition) is 4. The van der Waals surface area contributed by atoms with Crippen LogP contribution in [0.4, 0.5) is 0 Å². The third-order valence-electron chi connectivity index (χ3n) is 12.9. The summed E-state index contributed by atoms with van der Waals surface area (Å²) in [5.41, 5.74) is 2.29. The fourth-order valence-electron chi connectivity index (χ4n) is 10.5.